The summed E-state index contributed by atoms with van der Waals surface area (Å²) in [5.74, 6) is 0. The number of aryl methyl sites for hydroxylation is 1. The number of H-pyrrole nitrogens is 1. The molecule has 0 saturated heterocycles. The Bertz CT molecular complexity index is 891. The molecule has 2 aromatic rings. The first-order valence-corrected chi connectivity index (χ1v) is 11.8. The van der Waals surface area contributed by atoms with Gasteiger partial charge in [0.1, 0.15) is 0 Å². The molecule has 0 atom stereocenters. The summed E-state index contributed by atoms with van der Waals surface area (Å²) >= 11 is 5.73. The molecule has 2 N–H and O–H groups in total. The van der Waals surface area contributed by atoms with Crippen LogP contribution in [0, 0.1) is 0 Å². The van der Waals surface area contributed by atoms with Crippen LogP contribution in [0.2, 0.25) is 0 Å². The first-order chi connectivity index (χ1) is 14.9. The van der Waals surface area contributed by atoms with E-state index in [4.69, 9.17) is 12.2 Å². The maximum Gasteiger partial charge on any atom is 0.253 e. The SMILES string of the molecule is CCc1ccc2[nH]c(=O)c(CN(CCN(CC)CC)C(=S)NCCCN(C)C)cc2c1. The molecule has 2 rings (SSSR count). The number of hydrogen-bond donors (Lipinski definition) is 2. The monoisotopic (exact) mass is 445 g/mol. The molecule has 0 spiro atoms. The summed E-state index contributed by atoms with van der Waals surface area (Å²) in [6.07, 6.45) is 1.99. The summed E-state index contributed by atoms with van der Waals surface area (Å²) in [6, 6.07) is 8.24. The van der Waals surface area contributed by atoms with Crippen molar-refractivity contribution in [2.75, 3.05) is 53.4 Å². The van der Waals surface area contributed by atoms with Crippen LogP contribution in [0.4, 0.5) is 0 Å². The number of likely N-dealkylation sites (N-methyl/N-ethyl adjacent to an activating group) is 1. The summed E-state index contributed by atoms with van der Waals surface area (Å²) in [6.45, 7) is 12.5. The molecule has 0 amide bonds. The minimum Gasteiger partial charge on any atom is -0.363 e. The van der Waals surface area contributed by atoms with Crippen LogP contribution in [-0.2, 0) is 13.0 Å². The van der Waals surface area contributed by atoms with Crippen molar-refractivity contribution < 1.29 is 0 Å². The van der Waals surface area contributed by atoms with E-state index in [2.05, 4.69) is 72.0 Å². The van der Waals surface area contributed by atoms with Gasteiger partial charge in [0.2, 0.25) is 0 Å². The highest BCUT2D eigenvalue weighted by molar-refractivity contribution is 7.80. The van der Waals surface area contributed by atoms with Gasteiger partial charge < -0.3 is 25.0 Å². The molecule has 0 aliphatic carbocycles. The summed E-state index contributed by atoms with van der Waals surface area (Å²) in [5.41, 5.74) is 2.85. The van der Waals surface area contributed by atoms with Crippen molar-refractivity contribution in [1.29, 1.82) is 0 Å². The first kappa shape index (κ1) is 25.3. The number of fused-ring (bicyclic) bond motifs is 1. The second-order valence-electron chi connectivity index (χ2n) is 8.24. The van der Waals surface area contributed by atoms with Crippen molar-refractivity contribution in [2.24, 2.45) is 0 Å². The number of thiocarbonyl (C=S) groups is 1. The van der Waals surface area contributed by atoms with Crippen molar-refractivity contribution in [2.45, 2.75) is 40.2 Å². The quantitative estimate of drug-likeness (QED) is 0.387. The van der Waals surface area contributed by atoms with E-state index in [1.54, 1.807) is 0 Å². The molecule has 172 valence electrons. The highest BCUT2D eigenvalue weighted by Gasteiger charge is 2.14. The number of benzene rings is 1. The summed E-state index contributed by atoms with van der Waals surface area (Å²) in [4.78, 5) is 22.5. The number of pyridine rings is 1. The number of hydrogen-bond acceptors (Lipinski definition) is 4. The Balaban J connectivity index is 2.19. The fourth-order valence-corrected chi connectivity index (χ4v) is 3.86. The van der Waals surface area contributed by atoms with Gasteiger partial charge in [-0.3, -0.25) is 4.79 Å². The largest absolute Gasteiger partial charge is 0.363 e. The third-order valence-corrected chi connectivity index (χ3v) is 6.08. The highest BCUT2D eigenvalue weighted by Crippen LogP contribution is 2.15. The smallest absolute Gasteiger partial charge is 0.253 e. The maximum atomic E-state index is 12.8. The van der Waals surface area contributed by atoms with Gasteiger partial charge in [-0.15, -0.1) is 0 Å². The molecular weight excluding hydrogens is 406 g/mol. The molecule has 6 nitrogen and oxygen atoms in total. The summed E-state index contributed by atoms with van der Waals surface area (Å²) < 4.78 is 0. The summed E-state index contributed by atoms with van der Waals surface area (Å²) in [7, 11) is 4.15. The fraction of sp³-hybridized carbons (Fsp3) is 0.583. The average molecular weight is 446 g/mol. The molecule has 1 aromatic heterocycles. The molecular formula is C24H39N5OS. The standard InChI is InChI=1S/C24H39N5OS/c1-6-19-10-11-22-20(16-19)17-21(23(30)26-22)18-29(15-14-28(7-2)8-3)24(31)25-12-9-13-27(4)5/h10-11,16-17H,6-9,12-15,18H2,1-5H3,(H,25,31)(H,26,30). The second kappa shape index (κ2) is 12.8. The van der Waals surface area contributed by atoms with E-state index in [9.17, 15) is 4.79 Å². The van der Waals surface area contributed by atoms with Crippen molar-refractivity contribution in [1.82, 2.24) is 25.0 Å². The lowest BCUT2D eigenvalue weighted by Gasteiger charge is -2.29. The molecule has 0 bridgehead atoms. The normalized spacial score (nSPS) is 11.5. The van der Waals surface area contributed by atoms with Crippen LogP contribution in [0.5, 0.6) is 0 Å². The van der Waals surface area contributed by atoms with E-state index >= 15 is 0 Å². The number of nitrogens with one attached hydrogen (secondary N) is 2. The zero-order valence-corrected chi connectivity index (χ0v) is 20.6. The van der Waals surface area contributed by atoms with Crippen molar-refractivity contribution in [3.63, 3.8) is 0 Å². The average Bonchev–Trinajstić information content (AvgIpc) is 2.76. The Morgan fingerprint density at radius 2 is 1.81 bits per heavy atom. The van der Waals surface area contributed by atoms with E-state index in [1.807, 2.05) is 12.1 Å². The lowest BCUT2D eigenvalue weighted by molar-refractivity contribution is 0.263. The Labute approximate surface area is 192 Å². The third kappa shape index (κ3) is 7.91. The lowest BCUT2D eigenvalue weighted by atomic mass is 10.1. The number of aromatic nitrogens is 1. The van der Waals surface area contributed by atoms with E-state index in [-0.39, 0.29) is 5.56 Å². The predicted molar refractivity (Wildman–Crippen MR) is 136 cm³/mol. The Morgan fingerprint density at radius 1 is 1.06 bits per heavy atom. The van der Waals surface area contributed by atoms with Gasteiger partial charge in [-0.25, -0.2) is 0 Å². The van der Waals surface area contributed by atoms with Crippen molar-refractivity contribution in [3.8, 4) is 0 Å². The zero-order chi connectivity index (χ0) is 22.8. The maximum absolute atomic E-state index is 12.8. The molecule has 31 heavy (non-hydrogen) atoms. The van der Waals surface area contributed by atoms with Crippen LogP contribution in [0.3, 0.4) is 0 Å². The van der Waals surface area contributed by atoms with E-state index in [1.165, 1.54) is 5.56 Å². The Hall–Kier alpha value is -1.96. The second-order valence-corrected chi connectivity index (χ2v) is 8.62. The van der Waals surface area contributed by atoms with Crippen LogP contribution in [0.1, 0.15) is 38.3 Å². The van der Waals surface area contributed by atoms with Gasteiger partial charge in [-0.05, 0) is 87.9 Å². The molecule has 0 fully saturated rings. The van der Waals surface area contributed by atoms with Gasteiger partial charge in [0, 0.05) is 30.7 Å². The summed E-state index contributed by atoms with van der Waals surface area (Å²) in [5, 5.41) is 5.18. The Kier molecular flexibility index (Phi) is 10.4. The molecule has 0 saturated carbocycles. The van der Waals surface area contributed by atoms with E-state index < -0.39 is 0 Å². The van der Waals surface area contributed by atoms with Gasteiger partial charge in [-0.2, -0.15) is 0 Å². The number of rotatable bonds is 12. The Morgan fingerprint density at radius 3 is 2.45 bits per heavy atom. The highest BCUT2D eigenvalue weighted by atomic mass is 32.1. The van der Waals surface area contributed by atoms with Gasteiger partial charge >= 0.3 is 0 Å². The number of nitrogens with zero attached hydrogens (tertiary/aromatic N) is 3. The van der Waals surface area contributed by atoms with Gasteiger partial charge in [0.15, 0.2) is 5.11 Å². The molecule has 0 radical (unpaired) electrons. The van der Waals surface area contributed by atoms with Gasteiger partial charge in [0.05, 0.1) is 6.54 Å². The van der Waals surface area contributed by atoms with E-state index in [0.717, 1.165) is 68.6 Å². The van der Waals surface area contributed by atoms with E-state index in [0.29, 0.717) is 11.7 Å². The molecule has 7 heteroatoms. The van der Waals surface area contributed by atoms with Crippen molar-refractivity contribution >= 4 is 28.2 Å². The fourth-order valence-electron chi connectivity index (χ4n) is 3.60. The van der Waals surface area contributed by atoms with Gasteiger partial charge in [0.25, 0.3) is 5.56 Å². The topological polar surface area (TPSA) is 54.6 Å². The molecule has 0 aliphatic heterocycles. The predicted octanol–water partition coefficient (Wildman–Crippen LogP) is 3.06. The first-order valence-electron chi connectivity index (χ1n) is 11.4. The molecule has 0 aliphatic rings. The number of aromatic amines is 1. The molecule has 1 aromatic carbocycles. The van der Waals surface area contributed by atoms with Crippen LogP contribution in [-0.4, -0.2) is 78.2 Å². The van der Waals surface area contributed by atoms with Crippen molar-refractivity contribution in [3.05, 3.63) is 45.7 Å². The minimum absolute atomic E-state index is 0.0417. The van der Waals surface area contributed by atoms with Crippen LogP contribution < -0.4 is 10.9 Å². The minimum atomic E-state index is -0.0417. The molecule has 1 heterocycles. The lowest BCUT2D eigenvalue weighted by Crippen LogP contribution is -2.44. The third-order valence-electron chi connectivity index (χ3n) is 5.68. The van der Waals surface area contributed by atoms with Crippen LogP contribution in [0.15, 0.2) is 29.1 Å². The zero-order valence-electron chi connectivity index (χ0n) is 19.8. The van der Waals surface area contributed by atoms with Crippen LogP contribution >= 0.6 is 12.2 Å². The molecule has 0 unspecified atom stereocenters. The van der Waals surface area contributed by atoms with Crippen LogP contribution in [0.25, 0.3) is 10.9 Å². The van der Waals surface area contributed by atoms with Gasteiger partial charge in [-0.1, -0.05) is 26.8 Å².